The molecule has 0 atom stereocenters. The van der Waals surface area contributed by atoms with Gasteiger partial charge in [-0.1, -0.05) is 76.8 Å². The van der Waals surface area contributed by atoms with Gasteiger partial charge in [-0.3, -0.25) is 0 Å². The molecule has 1 rings (SSSR count). The average Bonchev–Trinajstić information content (AvgIpc) is 2.27. The van der Waals surface area contributed by atoms with Crippen molar-refractivity contribution in [2.75, 3.05) is 5.75 Å². The molecule has 0 heterocycles. The number of hydrogen-bond donors (Lipinski definition) is 0. The summed E-state index contributed by atoms with van der Waals surface area (Å²) in [7, 11) is 0. The van der Waals surface area contributed by atoms with E-state index in [4.69, 9.17) is 34.8 Å². The van der Waals surface area contributed by atoms with Crippen molar-refractivity contribution in [2.45, 2.75) is 6.92 Å². The van der Waals surface area contributed by atoms with E-state index in [1.165, 1.54) is 22.9 Å². The molecule has 86 valence electrons. The Morgan fingerprint density at radius 3 is 2.38 bits per heavy atom. The van der Waals surface area contributed by atoms with Crippen LogP contribution in [-0.4, -0.2) is 5.75 Å². The molecule has 0 saturated carbocycles. The molecule has 0 nitrogen and oxygen atoms in total. The summed E-state index contributed by atoms with van der Waals surface area (Å²) < 4.78 is 0.559. The van der Waals surface area contributed by atoms with Crippen molar-refractivity contribution < 1.29 is 0 Å². The smallest absolute Gasteiger partial charge is 0.107 e. The lowest BCUT2D eigenvalue weighted by molar-refractivity contribution is 1.44. The Bertz CT molecular complexity index is 392. The Kier molecular flexibility index (Phi) is 6.37. The van der Waals surface area contributed by atoms with Crippen LogP contribution in [0.5, 0.6) is 0 Å². The lowest BCUT2D eigenvalue weighted by Crippen LogP contribution is -1.82. The molecule has 0 radical (unpaired) electrons. The van der Waals surface area contributed by atoms with E-state index in [1.54, 1.807) is 0 Å². The van der Waals surface area contributed by atoms with Gasteiger partial charge in [0.1, 0.15) is 8.86 Å². The van der Waals surface area contributed by atoms with Gasteiger partial charge in [-0.15, -0.1) is 11.8 Å². The summed E-state index contributed by atoms with van der Waals surface area (Å²) in [5, 5.41) is 0. The molecule has 1 aromatic carbocycles. The molecule has 0 aliphatic carbocycles. The van der Waals surface area contributed by atoms with Gasteiger partial charge in [0.15, 0.2) is 0 Å². The second-order valence-electron chi connectivity index (χ2n) is 3.22. The molecule has 0 N–H and O–H groups in total. The molecule has 0 bridgehead atoms. The van der Waals surface area contributed by atoms with Crippen LogP contribution >= 0.6 is 46.6 Å². The monoisotopic (exact) mass is 292 g/mol. The molecule has 0 unspecified atom stereocenters. The molecule has 0 saturated heterocycles. The molecule has 4 heteroatoms. The van der Waals surface area contributed by atoms with Gasteiger partial charge in [-0.25, -0.2) is 0 Å². The van der Waals surface area contributed by atoms with Gasteiger partial charge >= 0.3 is 0 Å². The van der Waals surface area contributed by atoms with Crippen LogP contribution in [-0.2, 0) is 0 Å². The predicted molar refractivity (Wildman–Crippen MR) is 77.1 cm³/mol. The van der Waals surface area contributed by atoms with Crippen molar-refractivity contribution in [3.63, 3.8) is 0 Å². The summed E-state index contributed by atoms with van der Waals surface area (Å²) >= 11 is 18.3. The van der Waals surface area contributed by atoms with Crippen molar-refractivity contribution >= 4 is 52.6 Å². The van der Waals surface area contributed by atoms with Crippen LogP contribution in [0.3, 0.4) is 0 Å². The van der Waals surface area contributed by atoms with E-state index in [0.717, 1.165) is 5.75 Å². The van der Waals surface area contributed by atoms with E-state index in [9.17, 15) is 0 Å². The maximum atomic E-state index is 5.81. The number of thioether (sulfide) groups is 1. The third-order valence-electron chi connectivity index (χ3n) is 1.79. The molecule has 1 aromatic rings. The first kappa shape index (κ1) is 14.0. The fourth-order valence-corrected chi connectivity index (χ4v) is 2.15. The van der Waals surface area contributed by atoms with E-state index < -0.39 is 0 Å². The fraction of sp³-hybridized carbons (Fsp3) is 0.167. The Balaban J connectivity index is 2.57. The molecular formula is C12H11Cl3S. The Morgan fingerprint density at radius 2 is 1.81 bits per heavy atom. The summed E-state index contributed by atoms with van der Waals surface area (Å²) in [6.45, 7) is 2.05. The Labute approximate surface area is 115 Å². The lowest BCUT2D eigenvalue weighted by atomic mass is 10.1. The topological polar surface area (TPSA) is 0 Å². The van der Waals surface area contributed by atoms with Gasteiger partial charge in [0, 0.05) is 5.75 Å². The molecular weight excluding hydrogens is 283 g/mol. The predicted octanol–water partition coefficient (Wildman–Crippen LogP) is 5.67. The summed E-state index contributed by atoms with van der Waals surface area (Å²) in [5.74, 6) is 0.774. The third kappa shape index (κ3) is 5.31. The van der Waals surface area contributed by atoms with Gasteiger partial charge in [0.25, 0.3) is 0 Å². The van der Waals surface area contributed by atoms with E-state index in [0.29, 0.717) is 4.36 Å². The van der Waals surface area contributed by atoms with Gasteiger partial charge in [-0.2, -0.15) is 0 Å². The van der Waals surface area contributed by atoms with Crippen molar-refractivity contribution in [2.24, 2.45) is 0 Å². The molecule has 0 spiro atoms. The normalized spacial score (nSPS) is 11.4. The lowest BCUT2D eigenvalue weighted by Gasteiger charge is -2.01. The van der Waals surface area contributed by atoms with Crippen LogP contribution in [0.4, 0.5) is 0 Å². The molecule has 16 heavy (non-hydrogen) atoms. The summed E-state index contributed by atoms with van der Waals surface area (Å²) in [5.41, 5.74) is 2.39. The molecule has 0 aromatic heterocycles. The van der Waals surface area contributed by atoms with Crippen molar-refractivity contribution in [1.82, 2.24) is 0 Å². The number of halogens is 3. The minimum atomic E-state index is 0.124. The minimum absolute atomic E-state index is 0.124. The zero-order valence-electron chi connectivity index (χ0n) is 8.71. The Morgan fingerprint density at radius 1 is 1.19 bits per heavy atom. The minimum Gasteiger partial charge on any atom is -0.107 e. The largest absolute Gasteiger partial charge is 0.131 e. The van der Waals surface area contributed by atoms with Gasteiger partial charge in [-0.05, 0) is 12.5 Å². The van der Waals surface area contributed by atoms with Crippen LogP contribution < -0.4 is 0 Å². The van der Waals surface area contributed by atoms with Gasteiger partial charge in [0.2, 0.25) is 0 Å². The summed E-state index contributed by atoms with van der Waals surface area (Å²) in [6, 6.07) is 10.1. The molecule has 0 aliphatic rings. The standard InChI is InChI=1S/C12H11Cl3S/c1-9(8-16-12(15)11(13)14)7-10-5-3-2-4-6-10/h2-7H,8H2,1H3/b9-7-. The maximum Gasteiger partial charge on any atom is 0.131 e. The molecule has 0 amide bonds. The van der Waals surface area contributed by atoms with Crippen LogP contribution in [0.2, 0.25) is 0 Å². The van der Waals surface area contributed by atoms with Crippen molar-refractivity contribution in [3.8, 4) is 0 Å². The highest BCUT2D eigenvalue weighted by molar-refractivity contribution is 8.04. The molecule has 0 fully saturated rings. The first-order chi connectivity index (χ1) is 7.59. The SMILES string of the molecule is C/C(=C/c1ccccc1)CSC(Cl)=C(Cl)Cl. The first-order valence-electron chi connectivity index (χ1n) is 4.65. The van der Waals surface area contributed by atoms with Crippen molar-refractivity contribution in [3.05, 3.63) is 50.3 Å². The highest BCUT2D eigenvalue weighted by Gasteiger charge is 2.00. The van der Waals surface area contributed by atoms with Gasteiger partial charge in [0.05, 0.1) is 0 Å². The number of rotatable bonds is 4. The summed E-state index contributed by atoms with van der Waals surface area (Å²) in [6.07, 6.45) is 2.11. The molecule has 0 aliphatic heterocycles. The fourth-order valence-electron chi connectivity index (χ4n) is 1.11. The number of hydrogen-bond acceptors (Lipinski definition) is 1. The van der Waals surface area contributed by atoms with E-state index in [2.05, 4.69) is 18.2 Å². The van der Waals surface area contributed by atoms with E-state index in [1.807, 2.05) is 25.1 Å². The quantitative estimate of drug-likeness (QED) is 0.689. The zero-order valence-corrected chi connectivity index (χ0v) is 11.8. The highest BCUT2D eigenvalue weighted by Crippen LogP contribution is 2.30. The van der Waals surface area contributed by atoms with Crippen LogP contribution in [0.15, 0.2) is 44.8 Å². The zero-order chi connectivity index (χ0) is 12.0. The second-order valence-corrected chi connectivity index (χ2v) is 5.76. The summed E-state index contributed by atoms with van der Waals surface area (Å²) in [4.78, 5) is 0. The second kappa shape index (κ2) is 7.29. The third-order valence-corrected chi connectivity index (χ3v) is 4.16. The van der Waals surface area contributed by atoms with Crippen molar-refractivity contribution in [1.29, 1.82) is 0 Å². The van der Waals surface area contributed by atoms with Crippen LogP contribution in [0.25, 0.3) is 6.08 Å². The number of benzene rings is 1. The average molecular weight is 294 g/mol. The van der Waals surface area contributed by atoms with Gasteiger partial charge < -0.3 is 0 Å². The maximum absolute atomic E-state index is 5.81. The highest BCUT2D eigenvalue weighted by atomic mass is 35.5. The van der Waals surface area contributed by atoms with E-state index >= 15 is 0 Å². The van der Waals surface area contributed by atoms with Crippen LogP contribution in [0.1, 0.15) is 12.5 Å². The van der Waals surface area contributed by atoms with E-state index in [-0.39, 0.29) is 4.49 Å². The first-order valence-corrected chi connectivity index (χ1v) is 6.77. The Hall–Kier alpha value is -0.0800. The van der Waals surface area contributed by atoms with Crippen LogP contribution in [0, 0.1) is 0 Å².